The molecule has 5 nitrogen and oxygen atoms in total. The number of nitrogens with zero attached hydrogens (tertiary/aromatic N) is 2. The number of amides is 1. The number of methoxy groups -OCH3 is 1. The van der Waals surface area contributed by atoms with Crippen molar-refractivity contribution in [2.45, 2.75) is 18.9 Å². The van der Waals surface area contributed by atoms with Gasteiger partial charge >= 0.3 is 0 Å². The van der Waals surface area contributed by atoms with Crippen molar-refractivity contribution in [3.8, 4) is 5.75 Å². The minimum absolute atomic E-state index is 0.0121. The van der Waals surface area contributed by atoms with Crippen LogP contribution in [0.15, 0.2) is 48.5 Å². The van der Waals surface area contributed by atoms with Crippen LogP contribution in [0.3, 0.4) is 0 Å². The summed E-state index contributed by atoms with van der Waals surface area (Å²) in [5.74, 6) is 0.546. The predicted octanol–water partition coefficient (Wildman–Crippen LogP) is 2.87. The minimum atomic E-state index is -0.266. The van der Waals surface area contributed by atoms with Gasteiger partial charge in [-0.05, 0) is 48.9 Å². The number of piperazine rings is 1. The van der Waals surface area contributed by atoms with Crippen molar-refractivity contribution in [2.24, 2.45) is 0 Å². The molecule has 0 aromatic heterocycles. The zero-order chi connectivity index (χ0) is 20.6. The Balaban J connectivity index is 1.60. The van der Waals surface area contributed by atoms with Gasteiger partial charge in [0, 0.05) is 39.1 Å². The maximum Gasteiger partial charge on any atom is 0.220 e. The first-order valence-corrected chi connectivity index (χ1v) is 10.1. The molecule has 3 rings (SSSR count). The van der Waals surface area contributed by atoms with Gasteiger partial charge in [0.1, 0.15) is 11.6 Å². The van der Waals surface area contributed by atoms with Crippen LogP contribution in [0.4, 0.5) is 4.39 Å². The van der Waals surface area contributed by atoms with Gasteiger partial charge in [0.15, 0.2) is 0 Å². The minimum Gasteiger partial charge on any atom is -0.497 e. The van der Waals surface area contributed by atoms with Crippen LogP contribution < -0.4 is 10.1 Å². The molecule has 2 aromatic rings. The monoisotopic (exact) mass is 399 g/mol. The molecule has 0 bridgehead atoms. The Kier molecular flexibility index (Phi) is 7.61. The van der Waals surface area contributed by atoms with Crippen LogP contribution in [-0.2, 0) is 11.2 Å². The highest BCUT2D eigenvalue weighted by Crippen LogP contribution is 2.24. The van der Waals surface area contributed by atoms with Crippen molar-refractivity contribution in [3.05, 3.63) is 65.5 Å². The Hall–Kier alpha value is -2.44. The molecule has 0 spiro atoms. The lowest BCUT2D eigenvalue weighted by Crippen LogP contribution is -2.48. The Bertz CT molecular complexity index is 789. The van der Waals surface area contributed by atoms with Crippen molar-refractivity contribution < 1.29 is 13.9 Å². The maximum atomic E-state index is 13.3. The highest BCUT2D eigenvalue weighted by molar-refractivity contribution is 5.76. The van der Waals surface area contributed by atoms with Crippen LogP contribution in [0.2, 0.25) is 0 Å². The van der Waals surface area contributed by atoms with Gasteiger partial charge in [-0.2, -0.15) is 0 Å². The lowest BCUT2D eigenvalue weighted by molar-refractivity contribution is -0.121. The van der Waals surface area contributed by atoms with E-state index >= 15 is 0 Å². The summed E-state index contributed by atoms with van der Waals surface area (Å²) < 4.78 is 18.6. The first-order valence-electron chi connectivity index (χ1n) is 10.1. The molecule has 0 saturated carbocycles. The fraction of sp³-hybridized carbons (Fsp3) is 0.435. The predicted molar refractivity (Wildman–Crippen MR) is 113 cm³/mol. The molecule has 29 heavy (non-hydrogen) atoms. The number of hydrogen-bond donors (Lipinski definition) is 1. The molecule has 2 aromatic carbocycles. The van der Waals surface area contributed by atoms with Crippen molar-refractivity contribution in [1.29, 1.82) is 0 Å². The van der Waals surface area contributed by atoms with Gasteiger partial charge in [0.25, 0.3) is 0 Å². The maximum absolute atomic E-state index is 13.3. The molecular formula is C23H30FN3O2. The molecule has 1 aliphatic rings. The van der Waals surface area contributed by atoms with E-state index in [1.807, 2.05) is 18.2 Å². The van der Waals surface area contributed by atoms with Crippen LogP contribution in [0.25, 0.3) is 0 Å². The quantitative estimate of drug-likeness (QED) is 0.741. The summed E-state index contributed by atoms with van der Waals surface area (Å²) in [6, 6.07) is 14.6. The van der Waals surface area contributed by atoms with E-state index in [9.17, 15) is 9.18 Å². The Morgan fingerprint density at radius 2 is 1.86 bits per heavy atom. The second-order valence-electron chi connectivity index (χ2n) is 7.56. The standard InChI is InChI=1S/C23H30FN3O2/c1-26-12-14-27(15-13-26)22(19-7-9-21(29-2)10-8-19)17-25-23(28)11-6-18-4-3-5-20(24)16-18/h3-5,7-10,16,22H,6,11-15,17H2,1-2H3,(H,25,28). The smallest absolute Gasteiger partial charge is 0.220 e. The molecule has 1 amide bonds. The van der Waals surface area contributed by atoms with E-state index < -0.39 is 0 Å². The van der Waals surface area contributed by atoms with Crippen LogP contribution in [0, 0.1) is 5.82 Å². The molecule has 6 heteroatoms. The first kappa shape index (κ1) is 21.3. The number of carbonyl (C=O) groups excluding carboxylic acids is 1. The zero-order valence-electron chi connectivity index (χ0n) is 17.2. The van der Waals surface area contributed by atoms with Gasteiger partial charge in [-0.15, -0.1) is 0 Å². The highest BCUT2D eigenvalue weighted by Gasteiger charge is 2.24. The third-order valence-corrected chi connectivity index (χ3v) is 5.50. The van der Waals surface area contributed by atoms with Gasteiger partial charge in [-0.1, -0.05) is 24.3 Å². The molecule has 1 saturated heterocycles. The van der Waals surface area contributed by atoms with E-state index in [0.29, 0.717) is 19.4 Å². The van der Waals surface area contributed by atoms with Crippen LogP contribution in [0.5, 0.6) is 5.75 Å². The van der Waals surface area contributed by atoms with Gasteiger partial charge in [0.2, 0.25) is 5.91 Å². The Morgan fingerprint density at radius 1 is 1.14 bits per heavy atom. The summed E-state index contributed by atoms with van der Waals surface area (Å²) in [6.45, 7) is 4.51. The molecule has 0 aliphatic carbocycles. The van der Waals surface area contributed by atoms with Gasteiger partial charge in [0.05, 0.1) is 13.2 Å². The molecular weight excluding hydrogens is 369 g/mol. The van der Waals surface area contributed by atoms with Crippen molar-refractivity contribution in [3.63, 3.8) is 0 Å². The van der Waals surface area contributed by atoms with Crippen molar-refractivity contribution >= 4 is 5.91 Å². The number of likely N-dealkylation sites (N-methyl/N-ethyl adjacent to an activating group) is 1. The average molecular weight is 400 g/mol. The van der Waals surface area contributed by atoms with Crippen LogP contribution in [0.1, 0.15) is 23.6 Å². The SMILES string of the molecule is COc1ccc(C(CNC(=O)CCc2cccc(F)c2)N2CCN(C)CC2)cc1. The molecule has 1 atom stereocenters. The fourth-order valence-electron chi connectivity index (χ4n) is 3.67. The van der Waals surface area contributed by atoms with Crippen molar-refractivity contribution in [2.75, 3.05) is 46.9 Å². The fourth-order valence-corrected chi connectivity index (χ4v) is 3.67. The van der Waals surface area contributed by atoms with E-state index in [2.05, 4.69) is 34.3 Å². The van der Waals surface area contributed by atoms with E-state index in [1.54, 1.807) is 13.2 Å². The van der Waals surface area contributed by atoms with Crippen LogP contribution >= 0.6 is 0 Å². The topological polar surface area (TPSA) is 44.8 Å². The summed E-state index contributed by atoms with van der Waals surface area (Å²) in [5, 5.41) is 3.08. The van der Waals surface area contributed by atoms with E-state index in [4.69, 9.17) is 4.74 Å². The third kappa shape index (κ3) is 6.27. The molecule has 1 N–H and O–H groups in total. The number of carbonyl (C=O) groups is 1. The van der Waals surface area contributed by atoms with Gasteiger partial charge < -0.3 is 15.0 Å². The van der Waals surface area contributed by atoms with E-state index in [-0.39, 0.29) is 17.8 Å². The molecule has 156 valence electrons. The number of hydrogen-bond acceptors (Lipinski definition) is 4. The second kappa shape index (κ2) is 10.4. The first-order chi connectivity index (χ1) is 14.0. The summed E-state index contributed by atoms with van der Waals surface area (Å²) in [5.41, 5.74) is 2.01. The number of halogens is 1. The number of ether oxygens (including phenoxy) is 1. The van der Waals surface area contributed by atoms with E-state index in [1.165, 1.54) is 17.7 Å². The lowest BCUT2D eigenvalue weighted by Gasteiger charge is -2.38. The number of rotatable bonds is 8. The lowest BCUT2D eigenvalue weighted by atomic mass is 10.0. The number of benzene rings is 2. The molecule has 1 aliphatic heterocycles. The third-order valence-electron chi connectivity index (χ3n) is 5.50. The Morgan fingerprint density at radius 3 is 2.52 bits per heavy atom. The summed E-state index contributed by atoms with van der Waals surface area (Å²) >= 11 is 0. The van der Waals surface area contributed by atoms with Crippen LogP contribution in [-0.4, -0.2) is 62.6 Å². The second-order valence-corrected chi connectivity index (χ2v) is 7.56. The largest absolute Gasteiger partial charge is 0.497 e. The van der Waals surface area contributed by atoms with Crippen molar-refractivity contribution in [1.82, 2.24) is 15.1 Å². The van der Waals surface area contributed by atoms with Gasteiger partial charge in [-0.3, -0.25) is 9.69 Å². The number of aryl methyl sites for hydroxylation is 1. The van der Waals surface area contributed by atoms with E-state index in [0.717, 1.165) is 37.5 Å². The molecule has 1 heterocycles. The highest BCUT2D eigenvalue weighted by atomic mass is 19.1. The molecule has 1 fully saturated rings. The summed E-state index contributed by atoms with van der Waals surface area (Å²) in [4.78, 5) is 17.2. The summed E-state index contributed by atoms with van der Waals surface area (Å²) in [6.07, 6.45) is 0.882. The number of nitrogens with one attached hydrogen (secondary N) is 1. The molecule has 0 radical (unpaired) electrons. The normalized spacial score (nSPS) is 16.4. The van der Waals surface area contributed by atoms with Gasteiger partial charge in [-0.25, -0.2) is 4.39 Å². The molecule has 1 unspecified atom stereocenters. The zero-order valence-corrected chi connectivity index (χ0v) is 17.2. The average Bonchev–Trinajstić information content (AvgIpc) is 2.74. The Labute approximate surface area is 172 Å². The summed E-state index contributed by atoms with van der Waals surface area (Å²) in [7, 11) is 3.79.